The van der Waals surface area contributed by atoms with Crippen molar-refractivity contribution in [2.75, 3.05) is 33.9 Å². The first-order valence-electron chi connectivity index (χ1n) is 13.7. The van der Waals surface area contributed by atoms with Gasteiger partial charge in [0.2, 0.25) is 5.91 Å². The molecule has 0 radical (unpaired) electrons. The van der Waals surface area contributed by atoms with Gasteiger partial charge in [-0.05, 0) is 60.3 Å². The Morgan fingerprint density at radius 1 is 0.846 bits per heavy atom. The smallest absolute Gasteiger partial charge is 0.222 e. The second kappa shape index (κ2) is 14.1. The van der Waals surface area contributed by atoms with Crippen LogP contribution in [0, 0.1) is 5.92 Å². The number of ether oxygens (including phenoxy) is 3. The van der Waals surface area contributed by atoms with Gasteiger partial charge >= 0.3 is 0 Å². The summed E-state index contributed by atoms with van der Waals surface area (Å²) in [6.45, 7) is 1.38. The highest BCUT2D eigenvalue weighted by molar-refractivity contribution is 5.76. The van der Waals surface area contributed by atoms with E-state index in [0.717, 1.165) is 47.5 Å². The molecule has 1 saturated heterocycles. The van der Waals surface area contributed by atoms with Crippen molar-refractivity contribution in [2.24, 2.45) is 11.7 Å². The summed E-state index contributed by atoms with van der Waals surface area (Å²) in [6.07, 6.45) is 1.57. The Morgan fingerprint density at radius 3 is 1.97 bits per heavy atom. The molecule has 0 aliphatic carbocycles. The number of β-amino-alcohol motifs (C(OH)–C–C–N with tert-alkyl or cyclic N) is 1. The van der Waals surface area contributed by atoms with Crippen LogP contribution in [0.15, 0.2) is 78.9 Å². The van der Waals surface area contributed by atoms with E-state index in [1.165, 1.54) is 0 Å². The maximum absolute atomic E-state index is 13.0. The van der Waals surface area contributed by atoms with Crippen molar-refractivity contribution in [3.8, 4) is 11.5 Å². The molecule has 4 rings (SSSR count). The molecule has 7 heteroatoms. The van der Waals surface area contributed by atoms with Gasteiger partial charge in [0.05, 0.1) is 26.4 Å². The van der Waals surface area contributed by atoms with Gasteiger partial charge in [-0.1, -0.05) is 61.0 Å². The molecule has 3 unspecified atom stereocenters. The van der Waals surface area contributed by atoms with Crippen molar-refractivity contribution in [1.82, 2.24) is 4.90 Å². The Bertz CT molecular complexity index is 1110. The van der Waals surface area contributed by atoms with Crippen molar-refractivity contribution >= 4 is 5.91 Å². The predicted octanol–water partition coefficient (Wildman–Crippen LogP) is 4.89. The van der Waals surface area contributed by atoms with Crippen molar-refractivity contribution < 1.29 is 24.1 Å². The van der Waals surface area contributed by atoms with Crippen LogP contribution in [0.2, 0.25) is 0 Å². The van der Waals surface area contributed by atoms with Gasteiger partial charge in [0, 0.05) is 25.4 Å². The van der Waals surface area contributed by atoms with E-state index in [1.807, 2.05) is 78.9 Å². The number of benzene rings is 3. The van der Waals surface area contributed by atoms with Gasteiger partial charge in [0.1, 0.15) is 17.6 Å². The summed E-state index contributed by atoms with van der Waals surface area (Å²) in [7, 11) is 3.29. The third kappa shape index (κ3) is 7.38. The number of carbonyl (C=O) groups is 1. The van der Waals surface area contributed by atoms with Crippen molar-refractivity contribution in [3.63, 3.8) is 0 Å². The second-order valence-electron chi connectivity index (χ2n) is 10.0. The van der Waals surface area contributed by atoms with Crippen LogP contribution in [0.3, 0.4) is 0 Å². The first-order chi connectivity index (χ1) is 19.0. The summed E-state index contributed by atoms with van der Waals surface area (Å²) in [6, 6.07) is 25.6. The fourth-order valence-corrected chi connectivity index (χ4v) is 5.19. The van der Waals surface area contributed by atoms with E-state index >= 15 is 0 Å². The van der Waals surface area contributed by atoms with Gasteiger partial charge in [0.25, 0.3) is 0 Å². The molecule has 0 bridgehead atoms. The Kier molecular flexibility index (Phi) is 10.4. The third-order valence-electron chi connectivity index (χ3n) is 7.42. The average Bonchev–Trinajstić information content (AvgIpc) is 3.37. The van der Waals surface area contributed by atoms with E-state index in [1.54, 1.807) is 19.1 Å². The third-order valence-corrected chi connectivity index (χ3v) is 7.42. The first kappa shape index (κ1) is 28.6. The lowest BCUT2D eigenvalue weighted by Crippen LogP contribution is -2.30. The molecular formula is C32H40N2O5. The zero-order chi connectivity index (χ0) is 27.6. The number of hydrogen-bond acceptors (Lipinski definition) is 6. The van der Waals surface area contributed by atoms with Crippen LogP contribution in [0.4, 0.5) is 0 Å². The van der Waals surface area contributed by atoms with Crippen LogP contribution < -0.4 is 15.2 Å². The molecule has 3 aromatic rings. The molecule has 208 valence electrons. The Balaban J connectivity index is 1.63. The topological polar surface area (TPSA) is 94.3 Å². The number of aliphatic hydroxyl groups is 1. The summed E-state index contributed by atoms with van der Waals surface area (Å²) in [4.78, 5) is 14.7. The molecule has 1 aliphatic heterocycles. The first-order valence-corrected chi connectivity index (χ1v) is 13.7. The SMILES string of the molecule is COc1ccc(C(OC(c2ccccc2)C2CN(C(=O)CCCCCN)CC2O)c2ccc(OC)cc2)cc1. The van der Waals surface area contributed by atoms with E-state index in [9.17, 15) is 9.90 Å². The van der Waals surface area contributed by atoms with Crippen LogP contribution in [0.5, 0.6) is 11.5 Å². The molecule has 1 fully saturated rings. The predicted molar refractivity (Wildman–Crippen MR) is 152 cm³/mol. The highest BCUT2D eigenvalue weighted by atomic mass is 16.5. The number of nitrogens with zero attached hydrogens (tertiary/aromatic N) is 1. The van der Waals surface area contributed by atoms with Crippen LogP contribution in [-0.4, -0.2) is 55.9 Å². The van der Waals surface area contributed by atoms with E-state index in [0.29, 0.717) is 26.1 Å². The van der Waals surface area contributed by atoms with Gasteiger partial charge in [-0.15, -0.1) is 0 Å². The Labute approximate surface area is 231 Å². The van der Waals surface area contributed by atoms with Crippen LogP contribution >= 0.6 is 0 Å². The lowest BCUT2D eigenvalue weighted by atomic mass is 9.91. The molecule has 3 atom stereocenters. The summed E-state index contributed by atoms with van der Waals surface area (Å²) in [5, 5.41) is 11.2. The van der Waals surface area contributed by atoms with Crippen molar-refractivity contribution in [3.05, 3.63) is 95.6 Å². The highest BCUT2D eigenvalue weighted by Crippen LogP contribution is 2.40. The fraction of sp³-hybridized carbons (Fsp3) is 0.406. The van der Waals surface area contributed by atoms with Gasteiger partial charge in [-0.25, -0.2) is 0 Å². The minimum Gasteiger partial charge on any atom is -0.497 e. The van der Waals surface area contributed by atoms with E-state index in [4.69, 9.17) is 19.9 Å². The molecule has 3 aromatic carbocycles. The number of methoxy groups -OCH3 is 2. The van der Waals surface area contributed by atoms with Gasteiger partial charge < -0.3 is 30.0 Å². The number of amides is 1. The van der Waals surface area contributed by atoms with E-state index < -0.39 is 18.3 Å². The van der Waals surface area contributed by atoms with Crippen molar-refractivity contribution in [1.29, 1.82) is 0 Å². The summed E-state index contributed by atoms with van der Waals surface area (Å²) in [5.74, 6) is 1.32. The van der Waals surface area contributed by atoms with Gasteiger partial charge in [-0.3, -0.25) is 4.79 Å². The minimum absolute atomic E-state index is 0.0715. The maximum Gasteiger partial charge on any atom is 0.222 e. The fourth-order valence-electron chi connectivity index (χ4n) is 5.19. The molecule has 3 N–H and O–H groups in total. The quantitative estimate of drug-likeness (QED) is 0.305. The van der Waals surface area contributed by atoms with E-state index in [-0.39, 0.29) is 11.8 Å². The number of rotatable bonds is 13. The number of likely N-dealkylation sites (tertiary alicyclic amines) is 1. The number of unbranched alkanes of at least 4 members (excludes halogenated alkanes) is 2. The number of hydrogen-bond donors (Lipinski definition) is 2. The number of nitrogens with two attached hydrogens (primary N) is 1. The molecule has 0 saturated carbocycles. The molecule has 1 heterocycles. The zero-order valence-electron chi connectivity index (χ0n) is 22.9. The summed E-state index contributed by atoms with van der Waals surface area (Å²) in [5.41, 5.74) is 8.47. The van der Waals surface area contributed by atoms with Crippen LogP contribution in [0.25, 0.3) is 0 Å². The normalized spacial score (nSPS) is 17.8. The molecule has 7 nitrogen and oxygen atoms in total. The maximum atomic E-state index is 13.0. The largest absolute Gasteiger partial charge is 0.497 e. The zero-order valence-corrected chi connectivity index (χ0v) is 22.9. The molecule has 1 aliphatic rings. The van der Waals surface area contributed by atoms with Crippen LogP contribution in [0.1, 0.15) is 54.6 Å². The molecule has 0 aromatic heterocycles. The minimum atomic E-state index is -0.699. The molecule has 1 amide bonds. The average molecular weight is 533 g/mol. The lowest BCUT2D eigenvalue weighted by molar-refractivity contribution is -0.130. The molecule has 39 heavy (non-hydrogen) atoms. The van der Waals surface area contributed by atoms with Crippen LogP contribution in [-0.2, 0) is 9.53 Å². The number of carbonyl (C=O) groups excluding carboxylic acids is 1. The van der Waals surface area contributed by atoms with Gasteiger partial charge in [-0.2, -0.15) is 0 Å². The molecular weight excluding hydrogens is 492 g/mol. The summed E-state index contributed by atoms with van der Waals surface area (Å²) < 4.78 is 17.7. The standard InChI is InChI=1S/C32H40N2O5/c1-37-26-16-12-24(13-17-26)31(25-14-18-27(38-2)19-15-25)39-32(23-9-5-3-6-10-23)28-21-34(22-29(28)35)30(36)11-7-4-8-20-33/h3,5-6,9-10,12-19,28-29,31-32,35H,4,7-8,11,20-22,33H2,1-2H3. The van der Waals surface area contributed by atoms with Crippen molar-refractivity contribution in [2.45, 2.75) is 44.0 Å². The van der Waals surface area contributed by atoms with Gasteiger partial charge in [0.15, 0.2) is 0 Å². The highest BCUT2D eigenvalue weighted by Gasteiger charge is 2.41. The summed E-state index contributed by atoms with van der Waals surface area (Å²) >= 11 is 0. The molecule has 0 spiro atoms. The Morgan fingerprint density at radius 2 is 1.44 bits per heavy atom. The number of aliphatic hydroxyl groups excluding tert-OH is 1. The second-order valence-corrected chi connectivity index (χ2v) is 10.0. The Hall–Kier alpha value is -3.39. The lowest BCUT2D eigenvalue weighted by Gasteiger charge is -2.31. The monoisotopic (exact) mass is 532 g/mol. The van der Waals surface area contributed by atoms with E-state index in [2.05, 4.69) is 0 Å².